The van der Waals surface area contributed by atoms with Gasteiger partial charge >= 0.3 is 0 Å². The number of nitrogen functional groups attached to an aromatic ring is 1. The van der Waals surface area contributed by atoms with Gasteiger partial charge in [0.05, 0.1) is 11.3 Å². The zero-order chi connectivity index (χ0) is 15.2. The highest BCUT2D eigenvalue weighted by atomic mass is 35.5. The average Bonchev–Trinajstić information content (AvgIpc) is 2.45. The third kappa shape index (κ3) is 4.10. The molecule has 2 aromatic rings. The maximum atomic E-state index is 11.9. The van der Waals surface area contributed by atoms with E-state index in [0.717, 1.165) is 5.56 Å². The molecule has 21 heavy (non-hydrogen) atoms. The molecule has 0 aliphatic heterocycles. The van der Waals surface area contributed by atoms with Gasteiger partial charge in [-0.25, -0.2) is 0 Å². The number of anilines is 2. The first-order chi connectivity index (χ1) is 10.1. The lowest BCUT2D eigenvalue weighted by atomic mass is 10.2. The molecule has 0 aliphatic carbocycles. The van der Waals surface area contributed by atoms with E-state index < -0.39 is 0 Å². The summed E-state index contributed by atoms with van der Waals surface area (Å²) < 4.78 is 0. The Bertz CT molecular complexity index is 747. The van der Waals surface area contributed by atoms with Gasteiger partial charge in [-0.3, -0.25) is 4.79 Å². The summed E-state index contributed by atoms with van der Waals surface area (Å²) in [4.78, 5) is 11.9. The number of benzene rings is 2. The quantitative estimate of drug-likeness (QED) is 0.673. The first-order valence-electron chi connectivity index (χ1n) is 6.13. The van der Waals surface area contributed by atoms with E-state index in [4.69, 9.17) is 22.6 Å². The molecule has 3 N–H and O–H groups in total. The molecule has 0 atom stereocenters. The van der Waals surface area contributed by atoms with Gasteiger partial charge in [-0.15, -0.1) is 0 Å². The van der Waals surface area contributed by atoms with Crippen LogP contribution in [0.25, 0.3) is 6.08 Å². The Balaban J connectivity index is 2.12. The molecule has 0 saturated heterocycles. The molecule has 0 spiro atoms. The van der Waals surface area contributed by atoms with Crippen molar-refractivity contribution in [1.29, 1.82) is 5.26 Å². The molecule has 2 aromatic carbocycles. The SMILES string of the molecule is N#Cc1ccc(Cl)cc1NC(=O)/C=C/c1cccc(N)c1. The molecular formula is C16H12ClN3O. The number of carbonyl (C=O) groups is 1. The van der Waals surface area contributed by atoms with Crippen molar-refractivity contribution >= 4 is 35.0 Å². The fraction of sp³-hybridized carbons (Fsp3) is 0. The normalized spacial score (nSPS) is 10.3. The van der Waals surface area contributed by atoms with Crippen molar-refractivity contribution in [1.82, 2.24) is 0 Å². The number of carbonyl (C=O) groups excluding carboxylic acids is 1. The van der Waals surface area contributed by atoms with Crippen molar-refractivity contribution in [2.24, 2.45) is 0 Å². The van der Waals surface area contributed by atoms with Crippen LogP contribution >= 0.6 is 11.6 Å². The molecule has 104 valence electrons. The van der Waals surface area contributed by atoms with E-state index in [-0.39, 0.29) is 5.91 Å². The summed E-state index contributed by atoms with van der Waals surface area (Å²) >= 11 is 5.86. The highest BCUT2D eigenvalue weighted by Gasteiger charge is 2.05. The summed E-state index contributed by atoms with van der Waals surface area (Å²) in [5.74, 6) is -0.351. The Labute approximate surface area is 127 Å². The number of nitrogens with zero attached hydrogens (tertiary/aromatic N) is 1. The van der Waals surface area contributed by atoms with Crippen molar-refractivity contribution in [3.8, 4) is 6.07 Å². The number of rotatable bonds is 3. The highest BCUT2D eigenvalue weighted by molar-refractivity contribution is 6.31. The third-order valence-corrected chi connectivity index (χ3v) is 2.93. The van der Waals surface area contributed by atoms with Crippen molar-refractivity contribution < 1.29 is 4.79 Å². The third-order valence-electron chi connectivity index (χ3n) is 2.70. The minimum absolute atomic E-state index is 0.351. The number of nitrogens with two attached hydrogens (primary N) is 1. The fourth-order valence-electron chi connectivity index (χ4n) is 1.73. The van der Waals surface area contributed by atoms with E-state index in [1.165, 1.54) is 12.1 Å². The standard InChI is InChI=1S/C16H12ClN3O/c17-13-6-5-12(10-18)15(9-13)20-16(21)7-4-11-2-1-3-14(19)8-11/h1-9H,19H2,(H,20,21)/b7-4+. The number of halogens is 1. The number of nitriles is 1. The lowest BCUT2D eigenvalue weighted by molar-refractivity contribution is -0.111. The predicted octanol–water partition coefficient (Wildman–Crippen LogP) is 3.45. The molecular weight excluding hydrogens is 286 g/mol. The maximum absolute atomic E-state index is 11.9. The second kappa shape index (κ2) is 6.60. The summed E-state index contributed by atoms with van der Waals surface area (Å²) in [6.07, 6.45) is 3.01. The minimum Gasteiger partial charge on any atom is -0.399 e. The molecule has 0 unspecified atom stereocenters. The van der Waals surface area contributed by atoms with Crippen LogP contribution in [-0.4, -0.2) is 5.91 Å². The molecule has 5 heteroatoms. The van der Waals surface area contributed by atoms with Gasteiger partial charge in [0.15, 0.2) is 0 Å². The van der Waals surface area contributed by atoms with Gasteiger partial charge in [-0.05, 0) is 42.0 Å². The topological polar surface area (TPSA) is 78.9 Å². The van der Waals surface area contributed by atoms with Crippen LogP contribution in [-0.2, 0) is 4.79 Å². The first kappa shape index (κ1) is 14.6. The average molecular weight is 298 g/mol. The smallest absolute Gasteiger partial charge is 0.248 e. The van der Waals surface area contributed by atoms with Crippen molar-refractivity contribution in [3.63, 3.8) is 0 Å². The van der Waals surface area contributed by atoms with Crippen LogP contribution in [0.2, 0.25) is 5.02 Å². The lowest BCUT2D eigenvalue weighted by Crippen LogP contribution is -2.09. The Kier molecular flexibility index (Phi) is 4.60. The number of nitrogens with one attached hydrogen (secondary N) is 1. The van der Waals surface area contributed by atoms with E-state index in [1.54, 1.807) is 36.4 Å². The molecule has 0 heterocycles. The second-order valence-corrected chi connectivity index (χ2v) is 4.73. The Morgan fingerprint density at radius 3 is 2.81 bits per heavy atom. The minimum atomic E-state index is -0.351. The van der Waals surface area contributed by atoms with E-state index in [2.05, 4.69) is 5.32 Å². The van der Waals surface area contributed by atoms with Crippen molar-refractivity contribution in [2.75, 3.05) is 11.1 Å². The van der Waals surface area contributed by atoms with Crippen molar-refractivity contribution in [2.45, 2.75) is 0 Å². The Morgan fingerprint density at radius 1 is 1.29 bits per heavy atom. The van der Waals surface area contributed by atoms with Crippen LogP contribution in [0.5, 0.6) is 0 Å². The zero-order valence-corrected chi connectivity index (χ0v) is 11.8. The molecule has 0 aromatic heterocycles. The number of hydrogen-bond donors (Lipinski definition) is 2. The summed E-state index contributed by atoms with van der Waals surface area (Å²) in [5, 5.41) is 12.1. The van der Waals surface area contributed by atoms with Crippen LogP contribution in [0.4, 0.5) is 11.4 Å². The van der Waals surface area contributed by atoms with Crippen LogP contribution in [0, 0.1) is 11.3 Å². The molecule has 1 amide bonds. The zero-order valence-electron chi connectivity index (χ0n) is 11.0. The number of amides is 1. The molecule has 0 fully saturated rings. The molecule has 0 bridgehead atoms. The first-order valence-corrected chi connectivity index (χ1v) is 6.50. The van der Waals surface area contributed by atoms with Gasteiger partial charge in [0.2, 0.25) is 5.91 Å². The van der Waals surface area contributed by atoms with Crippen LogP contribution in [0.3, 0.4) is 0 Å². The van der Waals surface area contributed by atoms with E-state index in [9.17, 15) is 4.79 Å². The van der Waals surface area contributed by atoms with E-state index in [1.807, 2.05) is 12.1 Å². The summed E-state index contributed by atoms with van der Waals surface area (Å²) in [6, 6.07) is 13.8. The molecule has 0 aliphatic rings. The van der Waals surface area contributed by atoms with Gasteiger partial charge in [0.1, 0.15) is 6.07 Å². The molecule has 4 nitrogen and oxygen atoms in total. The Hall–Kier alpha value is -2.77. The predicted molar refractivity (Wildman–Crippen MR) is 84.7 cm³/mol. The lowest BCUT2D eigenvalue weighted by Gasteiger charge is -2.05. The van der Waals surface area contributed by atoms with Crippen LogP contribution in [0.1, 0.15) is 11.1 Å². The van der Waals surface area contributed by atoms with E-state index >= 15 is 0 Å². The van der Waals surface area contributed by atoms with Gasteiger partial charge in [0, 0.05) is 16.8 Å². The molecule has 0 radical (unpaired) electrons. The largest absolute Gasteiger partial charge is 0.399 e. The van der Waals surface area contributed by atoms with Crippen LogP contribution < -0.4 is 11.1 Å². The summed E-state index contributed by atoms with van der Waals surface area (Å²) in [5.41, 5.74) is 7.83. The Morgan fingerprint density at radius 2 is 2.10 bits per heavy atom. The molecule has 0 saturated carbocycles. The van der Waals surface area contributed by atoms with Gasteiger partial charge in [-0.2, -0.15) is 5.26 Å². The van der Waals surface area contributed by atoms with Gasteiger partial charge in [-0.1, -0.05) is 23.7 Å². The maximum Gasteiger partial charge on any atom is 0.248 e. The van der Waals surface area contributed by atoms with Gasteiger partial charge in [0.25, 0.3) is 0 Å². The van der Waals surface area contributed by atoms with Gasteiger partial charge < -0.3 is 11.1 Å². The second-order valence-electron chi connectivity index (χ2n) is 4.29. The fourth-order valence-corrected chi connectivity index (χ4v) is 1.90. The molecule has 2 rings (SSSR count). The number of hydrogen-bond acceptors (Lipinski definition) is 3. The monoisotopic (exact) mass is 297 g/mol. The van der Waals surface area contributed by atoms with E-state index in [0.29, 0.717) is 22.0 Å². The summed E-state index contributed by atoms with van der Waals surface area (Å²) in [7, 11) is 0. The highest BCUT2D eigenvalue weighted by Crippen LogP contribution is 2.20. The van der Waals surface area contributed by atoms with Crippen LogP contribution in [0.15, 0.2) is 48.5 Å². The summed E-state index contributed by atoms with van der Waals surface area (Å²) in [6.45, 7) is 0. The van der Waals surface area contributed by atoms with Crippen molar-refractivity contribution in [3.05, 3.63) is 64.7 Å².